The molecule has 0 aliphatic rings. The number of aryl methyl sites for hydroxylation is 1. The number of ether oxygens (including phenoxy) is 2. The number of hydrogen-bond donors (Lipinski definition) is 2. The van der Waals surface area contributed by atoms with E-state index in [1.807, 2.05) is 0 Å². The van der Waals surface area contributed by atoms with Crippen molar-refractivity contribution in [1.82, 2.24) is 14.9 Å². The summed E-state index contributed by atoms with van der Waals surface area (Å²) in [6.07, 6.45) is -4.02. The summed E-state index contributed by atoms with van der Waals surface area (Å²) in [5.41, 5.74) is -2.99. The lowest BCUT2D eigenvalue weighted by Gasteiger charge is -2.29. The summed E-state index contributed by atoms with van der Waals surface area (Å²) in [6, 6.07) is 4.19. The summed E-state index contributed by atoms with van der Waals surface area (Å²) in [5, 5.41) is 12.5. The molecule has 2 aromatic rings. The Morgan fingerprint density at radius 1 is 1.30 bits per heavy atom. The number of carbonyl (C=O) groups is 1. The second kappa shape index (κ2) is 9.28. The maximum atomic E-state index is 13.4. The van der Waals surface area contributed by atoms with Gasteiger partial charge in [0.05, 0.1) is 13.5 Å². The molecule has 12 heteroatoms. The van der Waals surface area contributed by atoms with Gasteiger partial charge in [-0.1, -0.05) is 6.07 Å². The topological polar surface area (TPSA) is 85.6 Å². The van der Waals surface area contributed by atoms with Gasteiger partial charge in [-0.05, 0) is 24.1 Å². The number of methoxy groups -OCH3 is 1. The van der Waals surface area contributed by atoms with E-state index < -0.39 is 36.5 Å². The fraction of sp³-hybridized carbons (Fsp3) is 0.444. The monoisotopic (exact) mass is 437 g/mol. The Morgan fingerprint density at radius 3 is 2.53 bits per heavy atom. The zero-order valence-corrected chi connectivity index (χ0v) is 16.0. The summed E-state index contributed by atoms with van der Waals surface area (Å²) in [7, 11) is 2.54. The third kappa shape index (κ3) is 5.38. The lowest BCUT2D eigenvalue weighted by Crippen LogP contribution is -2.48. The molecule has 1 atom stereocenters. The maximum absolute atomic E-state index is 13.4. The molecule has 0 saturated heterocycles. The molecule has 2 N–H and O–H groups in total. The Balaban J connectivity index is 2.03. The molecule has 166 valence electrons. The van der Waals surface area contributed by atoms with E-state index in [4.69, 9.17) is 4.74 Å². The molecule has 0 spiro atoms. The number of aliphatic hydroxyl groups is 1. The van der Waals surface area contributed by atoms with Crippen molar-refractivity contribution in [3.63, 3.8) is 0 Å². The molecule has 1 amide bonds. The predicted octanol–water partition coefficient (Wildman–Crippen LogP) is 2.53. The van der Waals surface area contributed by atoms with Crippen molar-refractivity contribution in [1.29, 1.82) is 0 Å². The molecule has 1 unspecified atom stereocenters. The van der Waals surface area contributed by atoms with Gasteiger partial charge in [0, 0.05) is 26.0 Å². The number of alkyl halides is 5. The number of halogens is 5. The van der Waals surface area contributed by atoms with E-state index in [0.29, 0.717) is 5.56 Å². The third-order valence-electron chi connectivity index (χ3n) is 4.26. The summed E-state index contributed by atoms with van der Waals surface area (Å²) in [6.45, 7) is -3.17. The van der Waals surface area contributed by atoms with Crippen molar-refractivity contribution in [3.8, 4) is 11.5 Å². The Kier molecular flexibility index (Phi) is 7.24. The molecule has 1 heterocycles. The van der Waals surface area contributed by atoms with Crippen LogP contribution in [0.2, 0.25) is 0 Å². The lowest BCUT2D eigenvalue weighted by atomic mass is 9.97. The zero-order chi connectivity index (χ0) is 22.5. The Hall–Kier alpha value is -2.89. The van der Waals surface area contributed by atoms with E-state index in [0.717, 1.165) is 10.8 Å². The molecule has 0 bridgehead atoms. The summed E-state index contributed by atoms with van der Waals surface area (Å²) < 4.78 is 75.5. The Labute approximate surface area is 168 Å². The van der Waals surface area contributed by atoms with Crippen LogP contribution < -0.4 is 14.8 Å². The number of benzene rings is 1. The fourth-order valence-electron chi connectivity index (χ4n) is 2.78. The second-order valence-electron chi connectivity index (χ2n) is 6.36. The van der Waals surface area contributed by atoms with Crippen LogP contribution in [0, 0.1) is 0 Å². The van der Waals surface area contributed by atoms with Crippen LogP contribution in [0.1, 0.15) is 17.8 Å². The Morgan fingerprint density at radius 2 is 2.00 bits per heavy atom. The van der Waals surface area contributed by atoms with Crippen molar-refractivity contribution in [2.75, 3.05) is 13.7 Å². The number of carbonyl (C=O) groups excluding carboxylic acids is 1. The van der Waals surface area contributed by atoms with Crippen molar-refractivity contribution < 1.29 is 41.3 Å². The minimum Gasteiger partial charge on any atom is -0.493 e. The molecule has 0 aliphatic heterocycles. The van der Waals surface area contributed by atoms with Crippen LogP contribution in [-0.4, -0.2) is 47.0 Å². The minimum absolute atomic E-state index is 0.0772. The number of imidazole rings is 1. The lowest BCUT2D eigenvalue weighted by molar-refractivity contribution is -0.271. The van der Waals surface area contributed by atoms with Gasteiger partial charge < -0.3 is 24.5 Å². The van der Waals surface area contributed by atoms with Crippen LogP contribution in [0.5, 0.6) is 11.5 Å². The number of nitrogens with one attached hydrogen (secondary N) is 1. The van der Waals surface area contributed by atoms with Gasteiger partial charge in [0.1, 0.15) is 0 Å². The van der Waals surface area contributed by atoms with Gasteiger partial charge >= 0.3 is 12.8 Å². The van der Waals surface area contributed by atoms with E-state index >= 15 is 0 Å². The van der Waals surface area contributed by atoms with E-state index in [1.165, 1.54) is 38.6 Å². The molecular weight excluding hydrogens is 417 g/mol. The molecule has 0 saturated carbocycles. The van der Waals surface area contributed by atoms with E-state index in [9.17, 15) is 31.9 Å². The number of nitrogens with zero attached hydrogens (tertiary/aromatic N) is 2. The highest BCUT2D eigenvalue weighted by Crippen LogP contribution is 2.40. The molecule has 7 nitrogen and oxygen atoms in total. The molecule has 1 aromatic heterocycles. The first kappa shape index (κ1) is 23.4. The quantitative estimate of drug-likeness (QED) is 0.589. The summed E-state index contributed by atoms with van der Waals surface area (Å²) >= 11 is 0. The van der Waals surface area contributed by atoms with Crippen LogP contribution >= 0.6 is 0 Å². The van der Waals surface area contributed by atoms with Crippen molar-refractivity contribution in [3.05, 3.63) is 42.0 Å². The maximum Gasteiger partial charge on any atom is 0.425 e. The third-order valence-corrected chi connectivity index (χ3v) is 4.26. The van der Waals surface area contributed by atoms with Gasteiger partial charge in [-0.3, -0.25) is 4.79 Å². The van der Waals surface area contributed by atoms with Crippen LogP contribution in [0.4, 0.5) is 22.0 Å². The normalized spacial score (nSPS) is 13.8. The van der Waals surface area contributed by atoms with Gasteiger partial charge in [-0.2, -0.15) is 22.0 Å². The molecule has 0 radical (unpaired) electrons. The summed E-state index contributed by atoms with van der Waals surface area (Å²) in [5.74, 6) is -1.91. The van der Waals surface area contributed by atoms with Crippen LogP contribution in [-0.2, 0) is 23.9 Å². The van der Waals surface area contributed by atoms with E-state index in [1.54, 1.807) is 0 Å². The molecule has 30 heavy (non-hydrogen) atoms. The molecule has 2 rings (SSSR count). The average molecular weight is 437 g/mol. The van der Waals surface area contributed by atoms with Crippen molar-refractivity contribution in [2.24, 2.45) is 7.05 Å². The highest BCUT2D eigenvalue weighted by atomic mass is 19.4. The van der Waals surface area contributed by atoms with Gasteiger partial charge in [0.15, 0.2) is 17.3 Å². The summed E-state index contributed by atoms with van der Waals surface area (Å²) in [4.78, 5) is 15.6. The van der Waals surface area contributed by atoms with Crippen LogP contribution in [0.15, 0.2) is 30.6 Å². The number of hydrogen-bond acceptors (Lipinski definition) is 5. The fourth-order valence-corrected chi connectivity index (χ4v) is 2.78. The average Bonchev–Trinajstić information content (AvgIpc) is 3.07. The minimum atomic E-state index is -5.14. The standard InChI is InChI=1S/C18H20F5N3O4/c1-26-8-7-25-15(26)17(28,18(21,22)23)10-14(27)24-6-5-11-3-4-12(29-2)13(9-11)30-16(19)20/h3-4,7-9,16,28H,5-6,10H2,1-2H3,(H,24,27). The van der Waals surface area contributed by atoms with Gasteiger partial charge in [0.25, 0.3) is 0 Å². The molecule has 1 aromatic carbocycles. The first-order valence-electron chi connectivity index (χ1n) is 8.63. The van der Waals surface area contributed by atoms with E-state index in [-0.39, 0.29) is 24.5 Å². The number of aromatic nitrogens is 2. The number of amides is 1. The van der Waals surface area contributed by atoms with E-state index in [2.05, 4.69) is 15.0 Å². The van der Waals surface area contributed by atoms with Crippen LogP contribution in [0.25, 0.3) is 0 Å². The van der Waals surface area contributed by atoms with Gasteiger partial charge in [0.2, 0.25) is 11.5 Å². The largest absolute Gasteiger partial charge is 0.493 e. The van der Waals surface area contributed by atoms with Gasteiger partial charge in [-0.25, -0.2) is 4.98 Å². The van der Waals surface area contributed by atoms with Crippen molar-refractivity contribution in [2.45, 2.75) is 31.2 Å². The SMILES string of the molecule is COc1ccc(CCNC(=O)CC(O)(c2nccn2C)C(F)(F)F)cc1OC(F)F. The predicted molar refractivity (Wildman–Crippen MR) is 94.1 cm³/mol. The highest BCUT2D eigenvalue weighted by Gasteiger charge is 2.58. The smallest absolute Gasteiger partial charge is 0.425 e. The number of rotatable bonds is 9. The van der Waals surface area contributed by atoms with Gasteiger partial charge in [-0.15, -0.1) is 0 Å². The first-order chi connectivity index (χ1) is 14.0. The van der Waals surface area contributed by atoms with Crippen molar-refractivity contribution >= 4 is 5.91 Å². The highest BCUT2D eigenvalue weighted by molar-refractivity contribution is 5.77. The molecule has 0 aliphatic carbocycles. The first-order valence-corrected chi connectivity index (χ1v) is 8.63. The zero-order valence-electron chi connectivity index (χ0n) is 16.0. The second-order valence-corrected chi connectivity index (χ2v) is 6.36. The molecular formula is C18H20F5N3O4. The Bertz CT molecular complexity index is 872. The molecule has 0 fully saturated rings. The van der Waals surface area contributed by atoms with Crippen LogP contribution in [0.3, 0.4) is 0 Å².